The summed E-state index contributed by atoms with van der Waals surface area (Å²) in [5.41, 5.74) is 1.31. The van der Waals surface area contributed by atoms with Crippen LogP contribution in [0.15, 0.2) is 29.4 Å². The molecule has 0 fully saturated rings. The van der Waals surface area contributed by atoms with Crippen molar-refractivity contribution in [2.45, 2.75) is 20.0 Å². The maximum absolute atomic E-state index is 4.39. The van der Waals surface area contributed by atoms with Crippen LogP contribution in [0.2, 0.25) is 0 Å². The minimum absolute atomic E-state index is 0.229. The molecular weight excluding hydrogens is 148 g/mol. The van der Waals surface area contributed by atoms with Gasteiger partial charge in [-0.3, -0.25) is 0 Å². The van der Waals surface area contributed by atoms with E-state index in [2.05, 4.69) is 35.7 Å². The minimum atomic E-state index is 0.229. The molecule has 0 amide bonds. The van der Waals surface area contributed by atoms with Crippen molar-refractivity contribution in [3.63, 3.8) is 0 Å². The molecule has 0 bridgehead atoms. The third-order valence-corrected chi connectivity index (χ3v) is 2.18. The van der Waals surface area contributed by atoms with Crippen molar-refractivity contribution < 1.29 is 4.58 Å². The monoisotopic (exact) mass is 161 g/mol. The Morgan fingerprint density at radius 3 is 3.00 bits per heavy atom. The van der Waals surface area contributed by atoms with E-state index in [1.54, 1.807) is 0 Å². The molecule has 0 saturated carbocycles. The highest BCUT2D eigenvalue weighted by atomic mass is 15.2. The van der Waals surface area contributed by atoms with Crippen molar-refractivity contribution in [3.8, 4) is 0 Å². The number of hydrogen-bond donors (Lipinski definition) is 0. The summed E-state index contributed by atoms with van der Waals surface area (Å²) < 4.78 is 2.21. The first-order valence-electron chi connectivity index (χ1n) is 4.32. The third-order valence-electron chi connectivity index (χ3n) is 2.18. The van der Waals surface area contributed by atoms with Crippen molar-refractivity contribution in [3.05, 3.63) is 24.4 Å². The molecule has 62 valence electrons. The molecule has 2 aliphatic heterocycles. The number of rotatable bonds is 1. The Morgan fingerprint density at radius 2 is 2.25 bits per heavy atom. The van der Waals surface area contributed by atoms with E-state index >= 15 is 0 Å². The molecule has 2 heteroatoms. The van der Waals surface area contributed by atoms with Crippen molar-refractivity contribution in [1.29, 1.82) is 0 Å². The topological polar surface area (TPSA) is 15.4 Å². The second kappa shape index (κ2) is 2.70. The predicted octanol–water partition coefficient (Wildman–Crippen LogP) is 1.59. The van der Waals surface area contributed by atoms with Crippen molar-refractivity contribution in [1.82, 2.24) is 0 Å². The Balaban J connectivity index is 2.40. The third kappa shape index (κ3) is 1.04. The van der Waals surface area contributed by atoms with Gasteiger partial charge in [-0.15, -0.1) is 0 Å². The summed E-state index contributed by atoms with van der Waals surface area (Å²) in [5.74, 6) is 0.551. The molecule has 0 saturated heterocycles. The first-order valence-corrected chi connectivity index (χ1v) is 4.32. The lowest BCUT2D eigenvalue weighted by molar-refractivity contribution is -0.482. The highest BCUT2D eigenvalue weighted by Crippen LogP contribution is 2.12. The van der Waals surface area contributed by atoms with Crippen LogP contribution in [-0.2, 0) is 0 Å². The molecule has 2 nitrogen and oxygen atoms in total. The van der Waals surface area contributed by atoms with Gasteiger partial charge in [0, 0.05) is 18.1 Å². The summed E-state index contributed by atoms with van der Waals surface area (Å²) in [6.07, 6.45) is 10.5. The van der Waals surface area contributed by atoms with Crippen molar-refractivity contribution in [2.24, 2.45) is 10.9 Å². The highest BCUT2D eigenvalue weighted by Gasteiger charge is 2.28. The normalized spacial score (nSPS) is 25.8. The number of aliphatic imine (C=N–C) groups is 1. The van der Waals surface area contributed by atoms with Gasteiger partial charge in [-0.2, -0.15) is 4.58 Å². The van der Waals surface area contributed by atoms with E-state index in [4.69, 9.17) is 0 Å². The molecule has 12 heavy (non-hydrogen) atoms. The molecule has 0 aliphatic carbocycles. The van der Waals surface area contributed by atoms with Crippen LogP contribution >= 0.6 is 0 Å². The number of hydrogen-bond acceptors (Lipinski definition) is 1. The maximum Gasteiger partial charge on any atom is 0.270 e. The average molecular weight is 161 g/mol. The van der Waals surface area contributed by atoms with Crippen LogP contribution in [-0.4, -0.2) is 22.7 Å². The van der Waals surface area contributed by atoms with Gasteiger partial charge in [0.1, 0.15) is 0 Å². The second-order valence-electron chi connectivity index (χ2n) is 3.41. The fourth-order valence-electron chi connectivity index (χ4n) is 1.51. The number of nitrogens with zero attached hydrogens (tertiary/aromatic N) is 2. The van der Waals surface area contributed by atoms with E-state index in [1.807, 2.05) is 18.4 Å². The van der Waals surface area contributed by atoms with E-state index < -0.39 is 0 Å². The molecule has 1 atom stereocenters. The van der Waals surface area contributed by atoms with Crippen molar-refractivity contribution in [2.75, 3.05) is 0 Å². The zero-order valence-corrected chi connectivity index (χ0v) is 7.44. The van der Waals surface area contributed by atoms with Crippen LogP contribution in [0.25, 0.3) is 0 Å². The van der Waals surface area contributed by atoms with Crippen LogP contribution in [0.4, 0.5) is 0 Å². The Hall–Kier alpha value is -1.18. The summed E-state index contributed by atoms with van der Waals surface area (Å²) in [4.78, 5) is 4.39. The zero-order chi connectivity index (χ0) is 8.55. The molecule has 2 rings (SSSR count). The predicted molar refractivity (Wildman–Crippen MR) is 50.7 cm³/mol. The van der Waals surface area contributed by atoms with E-state index in [0.29, 0.717) is 5.92 Å². The summed E-state index contributed by atoms with van der Waals surface area (Å²) >= 11 is 0. The van der Waals surface area contributed by atoms with Crippen LogP contribution in [0, 0.1) is 5.92 Å². The summed E-state index contributed by atoms with van der Waals surface area (Å²) in [5, 5.41) is 0. The molecule has 0 aromatic carbocycles. The van der Waals surface area contributed by atoms with Crippen LogP contribution in [0.5, 0.6) is 0 Å². The number of fused-ring (bicyclic) bond motifs is 1. The first kappa shape index (κ1) is 7.47. The first-order chi connectivity index (χ1) is 5.79. The second-order valence-corrected chi connectivity index (χ2v) is 3.41. The van der Waals surface area contributed by atoms with E-state index in [1.165, 1.54) is 5.71 Å². The summed E-state index contributed by atoms with van der Waals surface area (Å²) in [7, 11) is 0. The fraction of sp³-hybridized carbons (Fsp3) is 0.400. The van der Waals surface area contributed by atoms with Gasteiger partial charge in [0.25, 0.3) is 6.17 Å². The standard InChI is InChI=1S/C10H13N2/c1-8(2)9-7-11-10-5-3-4-6-12(9)10/h3-8,10H,1-2H3/q+1. The molecule has 1 unspecified atom stereocenters. The van der Waals surface area contributed by atoms with Gasteiger partial charge in [-0.05, 0) is 0 Å². The van der Waals surface area contributed by atoms with Crippen molar-refractivity contribution >= 4 is 11.9 Å². The quantitative estimate of drug-likeness (QED) is 0.519. The van der Waals surface area contributed by atoms with E-state index in [9.17, 15) is 0 Å². The van der Waals surface area contributed by atoms with Gasteiger partial charge in [-0.1, -0.05) is 19.9 Å². The van der Waals surface area contributed by atoms with Gasteiger partial charge >= 0.3 is 0 Å². The largest absolute Gasteiger partial charge is 0.270 e. The molecule has 0 spiro atoms. The van der Waals surface area contributed by atoms with E-state index in [0.717, 1.165) is 0 Å². The van der Waals surface area contributed by atoms with Gasteiger partial charge in [0.05, 0.1) is 6.21 Å². The lowest BCUT2D eigenvalue weighted by atomic mass is 10.1. The smallest absolute Gasteiger partial charge is 0.215 e. The fourth-order valence-corrected chi connectivity index (χ4v) is 1.51. The molecule has 0 N–H and O–H groups in total. The SMILES string of the molecule is CC(C)C1=[N+]2C=CC=CC2N=C1. The Labute approximate surface area is 72.6 Å². The van der Waals surface area contributed by atoms with Crippen LogP contribution in [0.1, 0.15) is 13.8 Å². The molecular formula is C10H13N2+. The molecule has 0 aromatic rings. The van der Waals surface area contributed by atoms with Crippen LogP contribution in [0.3, 0.4) is 0 Å². The molecule has 2 heterocycles. The van der Waals surface area contributed by atoms with Gasteiger partial charge < -0.3 is 0 Å². The molecule has 0 aromatic heterocycles. The highest BCUT2D eigenvalue weighted by molar-refractivity contribution is 6.29. The van der Waals surface area contributed by atoms with Gasteiger partial charge in [-0.25, -0.2) is 4.99 Å². The van der Waals surface area contributed by atoms with Gasteiger partial charge in [0.2, 0.25) is 5.71 Å². The Kier molecular flexibility index (Phi) is 1.68. The summed E-state index contributed by atoms with van der Waals surface area (Å²) in [6.45, 7) is 4.38. The lowest BCUT2D eigenvalue weighted by Crippen LogP contribution is -2.23. The van der Waals surface area contributed by atoms with Gasteiger partial charge in [0.15, 0.2) is 6.20 Å². The average Bonchev–Trinajstić information content (AvgIpc) is 2.47. The summed E-state index contributed by atoms with van der Waals surface area (Å²) in [6, 6.07) is 0. The molecule has 0 radical (unpaired) electrons. The van der Waals surface area contributed by atoms with E-state index in [-0.39, 0.29) is 6.17 Å². The number of allylic oxidation sites excluding steroid dienone is 2. The molecule has 2 aliphatic rings. The Bertz CT molecular complexity index is 306. The lowest BCUT2D eigenvalue weighted by Gasteiger charge is -2.05. The Morgan fingerprint density at radius 1 is 1.42 bits per heavy atom. The minimum Gasteiger partial charge on any atom is -0.215 e. The van der Waals surface area contributed by atoms with Crippen LogP contribution < -0.4 is 0 Å². The maximum atomic E-state index is 4.39. The zero-order valence-electron chi connectivity index (χ0n) is 7.44.